The van der Waals surface area contributed by atoms with Crippen molar-refractivity contribution >= 4 is 27.3 Å². The zero-order chi connectivity index (χ0) is 24.0. The first-order valence-corrected chi connectivity index (χ1v) is 12.3. The van der Waals surface area contributed by atoms with Gasteiger partial charge in [-0.1, -0.05) is 44.2 Å². The van der Waals surface area contributed by atoms with Gasteiger partial charge < -0.3 is 14.6 Å². The molecule has 0 unspecified atom stereocenters. The van der Waals surface area contributed by atoms with Gasteiger partial charge in [0.15, 0.2) is 11.7 Å². The van der Waals surface area contributed by atoms with Crippen LogP contribution in [0.3, 0.4) is 0 Å². The molecule has 2 aromatic carbocycles. The van der Waals surface area contributed by atoms with Crippen molar-refractivity contribution in [3.05, 3.63) is 60.6 Å². The Kier molecular flexibility index (Phi) is 7.88. The summed E-state index contributed by atoms with van der Waals surface area (Å²) in [5, 5.41) is 2.86. The molecule has 1 amide bonds. The van der Waals surface area contributed by atoms with Crippen LogP contribution >= 0.6 is 0 Å². The number of nitrogens with zero attached hydrogens (tertiary/aromatic N) is 3. The number of hydrogen-bond acceptors (Lipinski definition) is 6. The molecular formula is C24H30N4O4S. The lowest BCUT2D eigenvalue weighted by Crippen LogP contribution is -2.30. The lowest BCUT2D eigenvalue weighted by atomic mass is 10.2. The Morgan fingerprint density at radius 2 is 1.76 bits per heavy atom. The molecule has 1 heterocycles. The molecule has 9 heteroatoms. The smallest absolute Gasteiger partial charge is 0.243 e. The van der Waals surface area contributed by atoms with E-state index in [1.165, 1.54) is 10.4 Å². The molecule has 1 N–H and O–H groups in total. The van der Waals surface area contributed by atoms with E-state index in [0.29, 0.717) is 42.5 Å². The van der Waals surface area contributed by atoms with Gasteiger partial charge in [0.25, 0.3) is 0 Å². The first-order chi connectivity index (χ1) is 15.8. The highest BCUT2D eigenvalue weighted by molar-refractivity contribution is 7.89. The van der Waals surface area contributed by atoms with Crippen molar-refractivity contribution in [2.24, 2.45) is 0 Å². The average Bonchev–Trinajstić information content (AvgIpc) is 3.28. The number of amides is 1. The van der Waals surface area contributed by atoms with Crippen LogP contribution in [0, 0.1) is 0 Å². The lowest BCUT2D eigenvalue weighted by molar-refractivity contribution is -0.116. The molecule has 176 valence electrons. The maximum atomic E-state index is 12.9. The fraction of sp³-hybridized carbons (Fsp3) is 0.333. The van der Waals surface area contributed by atoms with Crippen molar-refractivity contribution in [1.29, 1.82) is 0 Å². The summed E-state index contributed by atoms with van der Waals surface area (Å²) in [6.45, 7) is 4.34. The van der Waals surface area contributed by atoms with E-state index in [4.69, 9.17) is 4.42 Å². The number of anilines is 2. The molecule has 0 fully saturated rings. The Morgan fingerprint density at radius 1 is 1.06 bits per heavy atom. The molecule has 33 heavy (non-hydrogen) atoms. The highest BCUT2D eigenvalue weighted by Gasteiger charge is 2.23. The highest BCUT2D eigenvalue weighted by Crippen LogP contribution is 2.29. The molecule has 3 aromatic rings. The first-order valence-electron chi connectivity index (χ1n) is 10.9. The van der Waals surface area contributed by atoms with Crippen LogP contribution in [0.15, 0.2) is 64.0 Å². The summed E-state index contributed by atoms with van der Waals surface area (Å²) in [5.41, 5.74) is 2.07. The van der Waals surface area contributed by atoms with Crippen molar-refractivity contribution in [3.63, 3.8) is 0 Å². The minimum atomic E-state index is -3.64. The van der Waals surface area contributed by atoms with Crippen LogP contribution in [0.25, 0.3) is 11.3 Å². The Labute approximate surface area is 195 Å². The predicted octanol–water partition coefficient (Wildman–Crippen LogP) is 4.01. The van der Waals surface area contributed by atoms with Gasteiger partial charge in [0, 0.05) is 45.6 Å². The SMILES string of the molecule is CCN(CC)S(=O)(=O)c1ccc(N(C)C)c(NC(=O)CCc2ncc(-c3ccccc3)o2)c1. The standard InChI is InChI=1S/C24H30N4O4S/c1-5-28(6-2)33(30,31)19-12-13-21(27(3)4)20(16-19)26-23(29)14-15-24-25-17-22(32-24)18-10-8-7-9-11-18/h7-13,16-17H,5-6,14-15H2,1-4H3,(H,26,29). The van der Waals surface area contributed by atoms with Crippen molar-refractivity contribution < 1.29 is 17.6 Å². The van der Waals surface area contributed by atoms with E-state index in [9.17, 15) is 13.2 Å². The second-order valence-corrected chi connectivity index (χ2v) is 9.63. The number of sulfonamides is 1. The van der Waals surface area contributed by atoms with Crippen LogP contribution in [-0.2, 0) is 21.2 Å². The van der Waals surface area contributed by atoms with Gasteiger partial charge in [-0.25, -0.2) is 13.4 Å². The monoisotopic (exact) mass is 470 g/mol. The Balaban J connectivity index is 1.74. The number of oxazole rings is 1. The van der Waals surface area contributed by atoms with E-state index >= 15 is 0 Å². The molecule has 0 bridgehead atoms. The lowest BCUT2D eigenvalue weighted by Gasteiger charge is -2.22. The second kappa shape index (κ2) is 10.6. The quantitative estimate of drug-likeness (QED) is 0.481. The maximum Gasteiger partial charge on any atom is 0.243 e. The number of aryl methyl sites for hydroxylation is 1. The van der Waals surface area contributed by atoms with Crippen LogP contribution in [-0.4, -0.2) is 50.8 Å². The van der Waals surface area contributed by atoms with Crippen LogP contribution in [0.5, 0.6) is 0 Å². The minimum absolute atomic E-state index is 0.146. The van der Waals surface area contributed by atoms with Gasteiger partial charge in [0.1, 0.15) is 0 Å². The zero-order valence-electron chi connectivity index (χ0n) is 19.4. The third-order valence-corrected chi connectivity index (χ3v) is 7.29. The van der Waals surface area contributed by atoms with E-state index < -0.39 is 10.0 Å². The molecule has 0 radical (unpaired) electrons. The van der Waals surface area contributed by atoms with Crippen molar-refractivity contribution in [3.8, 4) is 11.3 Å². The predicted molar refractivity (Wildman–Crippen MR) is 130 cm³/mol. The molecule has 3 rings (SSSR count). The molecule has 0 atom stereocenters. The van der Waals surface area contributed by atoms with E-state index in [-0.39, 0.29) is 17.2 Å². The van der Waals surface area contributed by atoms with Crippen molar-refractivity contribution in [1.82, 2.24) is 9.29 Å². The number of rotatable bonds is 10. The van der Waals surface area contributed by atoms with E-state index in [1.54, 1.807) is 32.2 Å². The number of carbonyl (C=O) groups is 1. The summed E-state index contributed by atoms with van der Waals surface area (Å²) in [6.07, 6.45) is 2.12. The highest BCUT2D eigenvalue weighted by atomic mass is 32.2. The molecule has 0 aliphatic heterocycles. The average molecular weight is 471 g/mol. The van der Waals surface area contributed by atoms with Gasteiger partial charge in [-0.3, -0.25) is 4.79 Å². The van der Waals surface area contributed by atoms with Gasteiger partial charge >= 0.3 is 0 Å². The maximum absolute atomic E-state index is 12.9. The molecule has 0 aliphatic rings. The van der Waals surface area contributed by atoms with Crippen LogP contribution in [0.2, 0.25) is 0 Å². The molecule has 0 aliphatic carbocycles. The minimum Gasteiger partial charge on any atom is -0.441 e. The molecule has 1 aromatic heterocycles. The molecule has 0 saturated heterocycles. The number of carbonyl (C=O) groups excluding carboxylic acids is 1. The normalized spacial score (nSPS) is 11.5. The third-order valence-electron chi connectivity index (χ3n) is 5.24. The Morgan fingerprint density at radius 3 is 2.39 bits per heavy atom. The molecule has 0 saturated carbocycles. The van der Waals surface area contributed by atoms with Gasteiger partial charge in [-0.2, -0.15) is 4.31 Å². The summed E-state index contributed by atoms with van der Waals surface area (Å²) in [7, 11) is 0.0272. The fourth-order valence-corrected chi connectivity index (χ4v) is 4.96. The second-order valence-electron chi connectivity index (χ2n) is 7.70. The van der Waals surface area contributed by atoms with Crippen molar-refractivity contribution in [2.45, 2.75) is 31.6 Å². The Bertz CT molecular complexity index is 1190. The number of benzene rings is 2. The van der Waals surface area contributed by atoms with Gasteiger partial charge in [-0.05, 0) is 18.2 Å². The van der Waals surface area contributed by atoms with E-state index in [1.807, 2.05) is 49.3 Å². The Hall–Kier alpha value is -3.17. The summed E-state index contributed by atoms with van der Waals surface area (Å²) in [5.74, 6) is 0.861. The van der Waals surface area contributed by atoms with Gasteiger partial charge in [0.05, 0.1) is 22.5 Å². The fourth-order valence-electron chi connectivity index (χ4n) is 3.47. The van der Waals surface area contributed by atoms with Gasteiger partial charge in [0.2, 0.25) is 15.9 Å². The number of aromatic nitrogens is 1. The topological polar surface area (TPSA) is 95.8 Å². The molecule has 0 spiro atoms. The number of hydrogen-bond donors (Lipinski definition) is 1. The van der Waals surface area contributed by atoms with Crippen LogP contribution in [0.4, 0.5) is 11.4 Å². The molecule has 8 nitrogen and oxygen atoms in total. The first kappa shape index (κ1) is 24.5. The third kappa shape index (κ3) is 5.80. The van der Waals surface area contributed by atoms with Gasteiger partial charge in [-0.15, -0.1) is 0 Å². The summed E-state index contributed by atoms with van der Waals surface area (Å²) >= 11 is 0. The summed E-state index contributed by atoms with van der Waals surface area (Å²) < 4.78 is 33.0. The van der Waals surface area contributed by atoms with E-state index in [0.717, 1.165) is 5.56 Å². The molecular weight excluding hydrogens is 440 g/mol. The zero-order valence-corrected chi connectivity index (χ0v) is 20.2. The van der Waals surface area contributed by atoms with Crippen LogP contribution in [0.1, 0.15) is 26.2 Å². The van der Waals surface area contributed by atoms with E-state index in [2.05, 4.69) is 10.3 Å². The largest absolute Gasteiger partial charge is 0.441 e. The summed E-state index contributed by atoms with van der Waals surface area (Å²) in [4.78, 5) is 18.9. The van der Waals surface area contributed by atoms with Crippen molar-refractivity contribution in [2.75, 3.05) is 37.4 Å². The summed E-state index contributed by atoms with van der Waals surface area (Å²) in [6, 6.07) is 14.4. The number of nitrogens with one attached hydrogen (secondary N) is 1. The van der Waals surface area contributed by atoms with Crippen LogP contribution < -0.4 is 10.2 Å².